The fourth-order valence-electron chi connectivity index (χ4n) is 3.60. The maximum absolute atomic E-state index is 12.8. The van der Waals surface area contributed by atoms with Crippen molar-refractivity contribution >= 4 is 28.9 Å². The molecule has 0 saturated carbocycles. The first kappa shape index (κ1) is 21.4. The van der Waals surface area contributed by atoms with Crippen molar-refractivity contribution in [3.63, 3.8) is 0 Å². The monoisotopic (exact) mass is 443 g/mol. The molecule has 2 heterocycles. The molecule has 1 aliphatic rings. The molecule has 0 atom stereocenters. The van der Waals surface area contributed by atoms with Gasteiger partial charge in [0, 0.05) is 24.7 Å². The number of amides is 2. The van der Waals surface area contributed by atoms with Gasteiger partial charge in [-0.25, -0.2) is 9.66 Å². The highest BCUT2D eigenvalue weighted by atomic mass is 19.4. The normalized spacial score (nSPS) is 15.0. The summed E-state index contributed by atoms with van der Waals surface area (Å²) in [5.41, 5.74) is 6.71. The van der Waals surface area contributed by atoms with Crippen LogP contribution in [0.2, 0.25) is 0 Å². The number of piperazine rings is 1. The van der Waals surface area contributed by atoms with E-state index in [4.69, 9.17) is 5.73 Å². The Balaban J connectivity index is 1.40. The Morgan fingerprint density at radius 3 is 2.47 bits per heavy atom. The molecule has 0 aliphatic carbocycles. The third kappa shape index (κ3) is 4.43. The predicted octanol–water partition coefficient (Wildman–Crippen LogP) is 2.65. The van der Waals surface area contributed by atoms with E-state index in [2.05, 4.69) is 4.98 Å². The first-order valence-corrected chi connectivity index (χ1v) is 9.89. The van der Waals surface area contributed by atoms with Gasteiger partial charge >= 0.3 is 6.18 Å². The fourth-order valence-corrected chi connectivity index (χ4v) is 3.60. The molecule has 4 rings (SSSR count). The summed E-state index contributed by atoms with van der Waals surface area (Å²) in [5.74, 6) is -0.782. The van der Waals surface area contributed by atoms with E-state index in [0.29, 0.717) is 42.8 Å². The third-order valence-electron chi connectivity index (χ3n) is 5.32. The molecule has 3 aromatic rings. The summed E-state index contributed by atoms with van der Waals surface area (Å²) in [7, 11) is 0. The Morgan fingerprint density at radius 2 is 1.78 bits per heavy atom. The van der Waals surface area contributed by atoms with E-state index in [1.807, 2.05) is 9.69 Å². The van der Waals surface area contributed by atoms with Crippen LogP contribution in [0.25, 0.3) is 17.1 Å². The Bertz CT molecular complexity index is 1190. The van der Waals surface area contributed by atoms with Crippen LogP contribution in [0, 0.1) is 0 Å². The Kier molecular flexibility index (Phi) is 5.60. The lowest BCUT2D eigenvalue weighted by Gasteiger charge is -2.36. The maximum atomic E-state index is 12.8. The predicted molar refractivity (Wildman–Crippen MR) is 113 cm³/mol. The van der Waals surface area contributed by atoms with E-state index < -0.39 is 17.6 Å². The minimum Gasteiger partial charge on any atom is -0.366 e. The van der Waals surface area contributed by atoms with Crippen LogP contribution in [0.1, 0.15) is 21.5 Å². The number of aromatic nitrogens is 2. The summed E-state index contributed by atoms with van der Waals surface area (Å²) in [5, 5.41) is 2.03. The van der Waals surface area contributed by atoms with Gasteiger partial charge in [-0.05, 0) is 42.0 Å². The van der Waals surface area contributed by atoms with Gasteiger partial charge in [0.2, 0.25) is 11.8 Å². The second-order valence-corrected chi connectivity index (χ2v) is 7.39. The first-order chi connectivity index (χ1) is 15.2. The summed E-state index contributed by atoms with van der Waals surface area (Å²) in [4.78, 5) is 29.8. The van der Waals surface area contributed by atoms with Gasteiger partial charge in [-0.3, -0.25) is 9.59 Å². The van der Waals surface area contributed by atoms with Crippen molar-refractivity contribution in [3.05, 3.63) is 71.6 Å². The van der Waals surface area contributed by atoms with Crippen LogP contribution in [0.4, 0.5) is 13.2 Å². The quantitative estimate of drug-likeness (QED) is 0.629. The molecule has 2 aromatic carbocycles. The van der Waals surface area contributed by atoms with Crippen LogP contribution in [0.15, 0.2) is 54.9 Å². The minimum atomic E-state index is -4.43. The van der Waals surface area contributed by atoms with Crippen LogP contribution in [-0.4, -0.2) is 52.6 Å². The average Bonchev–Trinajstić information content (AvgIpc) is 3.20. The molecule has 0 bridgehead atoms. The highest BCUT2D eigenvalue weighted by Gasteiger charge is 2.30. The smallest absolute Gasteiger partial charge is 0.366 e. The second-order valence-electron chi connectivity index (χ2n) is 7.39. The molecule has 2 N–H and O–H groups in total. The molecule has 10 heteroatoms. The minimum absolute atomic E-state index is 0.261. The number of fused-ring (bicyclic) bond motifs is 1. The van der Waals surface area contributed by atoms with Gasteiger partial charge in [-0.15, -0.1) is 0 Å². The number of halogens is 3. The van der Waals surface area contributed by atoms with Gasteiger partial charge < -0.3 is 15.6 Å². The van der Waals surface area contributed by atoms with Crippen molar-refractivity contribution in [2.75, 3.05) is 31.2 Å². The second kappa shape index (κ2) is 8.37. The number of nitrogens with zero attached hydrogens (tertiary/aromatic N) is 4. The van der Waals surface area contributed by atoms with Gasteiger partial charge in [-0.2, -0.15) is 13.2 Å². The van der Waals surface area contributed by atoms with Gasteiger partial charge in [0.05, 0.1) is 29.7 Å². The number of benzene rings is 2. The summed E-state index contributed by atoms with van der Waals surface area (Å²) in [6, 6.07) is 9.88. The Hall–Kier alpha value is -3.82. The maximum Gasteiger partial charge on any atom is 0.416 e. The highest BCUT2D eigenvalue weighted by molar-refractivity contribution is 5.96. The molecule has 166 valence electrons. The zero-order chi connectivity index (χ0) is 22.9. The van der Waals surface area contributed by atoms with Crippen LogP contribution in [0.5, 0.6) is 0 Å². The lowest BCUT2D eigenvalue weighted by atomic mass is 10.1. The standard InChI is InChI=1S/C22H20F3N5O2/c23-22(24,25)17-3-1-2-15(12-17)4-7-20(31)28-8-10-29(11-9-28)30-14-27-18-13-16(21(26)32)5-6-19(18)30/h1-7,12-14H,8-11H2,(H2,26,32)/b7-4+. The molecule has 1 aromatic heterocycles. The molecule has 0 radical (unpaired) electrons. The van der Waals surface area contributed by atoms with Crippen molar-refractivity contribution in [1.82, 2.24) is 14.6 Å². The average molecular weight is 443 g/mol. The number of alkyl halides is 3. The number of carbonyl (C=O) groups excluding carboxylic acids is 2. The lowest BCUT2D eigenvalue weighted by molar-refractivity contribution is -0.137. The summed E-state index contributed by atoms with van der Waals surface area (Å²) in [6.45, 7) is 1.99. The molecule has 1 saturated heterocycles. The zero-order valence-electron chi connectivity index (χ0n) is 16.9. The molecule has 0 unspecified atom stereocenters. The molecule has 0 spiro atoms. The van der Waals surface area contributed by atoms with Gasteiger partial charge in [0.25, 0.3) is 0 Å². The van der Waals surface area contributed by atoms with Crippen LogP contribution < -0.4 is 10.7 Å². The molecular formula is C22H20F3N5O2. The molecule has 32 heavy (non-hydrogen) atoms. The highest BCUT2D eigenvalue weighted by Crippen LogP contribution is 2.29. The molecular weight excluding hydrogens is 423 g/mol. The number of imidazole rings is 1. The zero-order valence-corrected chi connectivity index (χ0v) is 16.9. The van der Waals surface area contributed by atoms with E-state index in [-0.39, 0.29) is 5.91 Å². The van der Waals surface area contributed by atoms with E-state index >= 15 is 0 Å². The van der Waals surface area contributed by atoms with Crippen molar-refractivity contribution in [2.45, 2.75) is 6.18 Å². The van der Waals surface area contributed by atoms with Crippen molar-refractivity contribution in [3.8, 4) is 0 Å². The number of hydrogen-bond donors (Lipinski definition) is 1. The number of rotatable bonds is 4. The Labute approximate surface area is 181 Å². The van der Waals surface area contributed by atoms with Crippen molar-refractivity contribution in [2.24, 2.45) is 5.73 Å². The summed E-state index contributed by atoms with van der Waals surface area (Å²) in [6.07, 6.45) is -0.0870. The summed E-state index contributed by atoms with van der Waals surface area (Å²) < 4.78 is 40.4. The summed E-state index contributed by atoms with van der Waals surface area (Å²) >= 11 is 0. The van der Waals surface area contributed by atoms with E-state index in [1.165, 1.54) is 24.3 Å². The van der Waals surface area contributed by atoms with Crippen molar-refractivity contribution < 1.29 is 22.8 Å². The van der Waals surface area contributed by atoms with Crippen molar-refractivity contribution in [1.29, 1.82) is 0 Å². The molecule has 2 amide bonds. The third-order valence-corrected chi connectivity index (χ3v) is 5.32. The largest absolute Gasteiger partial charge is 0.416 e. The van der Waals surface area contributed by atoms with E-state index in [0.717, 1.165) is 17.6 Å². The SMILES string of the molecule is NC(=O)c1ccc2c(c1)ncn2N1CCN(C(=O)/C=C/c2cccc(C(F)(F)F)c2)CC1. The fraction of sp³-hybridized carbons (Fsp3) is 0.227. The number of primary amides is 1. The van der Waals surface area contributed by atoms with E-state index in [1.54, 1.807) is 29.4 Å². The number of carbonyl (C=O) groups is 2. The number of hydrogen-bond acceptors (Lipinski definition) is 4. The number of nitrogens with two attached hydrogens (primary N) is 1. The van der Waals surface area contributed by atoms with E-state index in [9.17, 15) is 22.8 Å². The molecule has 1 aliphatic heterocycles. The topological polar surface area (TPSA) is 84.5 Å². The Morgan fingerprint density at radius 1 is 1.03 bits per heavy atom. The van der Waals surface area contributed by atoms with Crippen LogP contribution in [0.3, 0.4) is 0 Å². The van der Waals surface area contributed by atoms with Gasteiger partial charge in [0.15, 0.2) is 0 Å². The molecule has 7 nitrogen and oxygen atoms in total. The van der Waals surface area contributed by atoms with Gasteiger partial charge in [0.1, 0.15) is 6.33 Å². The van der Waals surface area contributed by atoms with Gasteiger partial charge in [-0.1, -0.05) is 12.1 Å². The lowest BCUT2D eigenvalue weighted by Crippen LogP contribution is -2.52. The van der Waals surface area contributed by atoms with Crippen LogP contribution >= 0.6 is 0 Å². The van der Waals surface area contributed by atoms with Crippen LogP contribution in [-0.2, 0) is 11.0 Å². The molecule has 1 fully saturated rings. The first-order valence-electron chi connectivity index (χ1n) is 9.89.